The quantitative estimate of drug-likeness (QED) is 0.243. The highest BCUT2D eigenvalue weighted by molar-refractivity contribution is 6.76. The maximum absolute atomic E-state index is 13.6. The average Bonchev–Trinajstić information content (AvgIpc) is 3.32. The highest BCUT2D eigenvalue weighted by atomic mass is 28.3. The van der Waals surface area contributed by atoms with E-state index >= 15 is 0 Å². The molecule has 0 saturated carbocycles. The van der Waals surface area contributed by atoms with Crippen molar-refractivity contribution < 1.29 is 19.1 Å². The molecule has 1 aliphatic heterocycles. The van der Waals surface area contributed by atoms with Crippen molar-refractivity contribution in [1.82, 2.24) is 24.6 Å². The zero-order valence-electron chi connectivity index (χ0n) is 23.7. The summed E-state index contributed by atoms with van der Waals surface area (Å²) >= 11 is 0. The first-order valence-electron chi connectivity index (χ1n) is 13.3. The van der Waals surface area contributed by atoms with Gasteiger partial charge in [-0.2, -0.15) is 5.10 Å². The second-order valence-corrected chi connectivity index (χ2v) is 17.1. The highest BCUT2D eigenvalue weighted by Crippen LogP contribution is 2.35. The molecule has 1 saturated heterocycles. The van der Waals surface area contributed by atoms with Gasteiger partial charge < -0.3 is 25.4 Å². The Morgan fingerprint density at radius 3 is 2.64 bits per heavy atom. The van der Waals surface area contributed by atoms with Gasteiger partial charge in [0.05, 0.1) is 42.1 Å². The van der Waals surface area contributed by atoms with Gasteiger partial charge >= 0.3 is 11.8 Å². The zero-order chi connectivity index (χ0) is 28.3. The van der Waals surface area contributed by atoms with Gasteiger partial charge in [-0.25, -0.2) is 14.6 Å². The number of carbonyl (C=O) groups is 2. The van der Waals surface area contributed by atoms with E-state index in [0.29, 0.717) is 35.6 Å². The number of aromatic nitrogens is 4. The summed E-state index contributed by atoms with van der Waals surface area (Å²) in [5.41, 5.74) is 8.76. The fourth-order valence-corrected chi connectivity index (χ4v) is 5.61. The summed E-state index contributed by atoms with van der Waals surface area (Å²) in [4.78, 5) is 37.1. The van der Waals surface area contributed by atoms with Gasteiger partial charge in [-0.3, -0.25) is 9.59 Å². The normalized spacial score (nSPS) is 17.8. The van der Waals surface area contributed by atoms with Crippen LogP contribution in [0.3, 0.4) is 0 Å². The van der Waals surface area contributed by atoms with Gasteiger partial charge in [-0.15, -0.1) is 0 Å². The predicted molar refractivity (Wildman–Crippen MR) is 153 cm³/mol. The van der Waals surface area contributed by atoms with Crippen LogP contribution in [0.15, 0.2) is 24.7 Å². The Hall–Kier alpha value is -3.51. The molecule has 4 rings (SSSR count). The third kappa shape index (κ3) is 6.56. The molecule has 2 atom stereocenters. The number of nitrogens with two attached hydrogens (primary N) is 1. The van der Waals surface area contributed by atoms with Gasteiger partial charge in [0.25, 0.3) is 0 Å². The number of pyridine rings is 2. The SMILES string of the molecule is COc1ncc(C2CCC(C)CN2C(=O)C(=O)Nc2cnc(N)c3cnn(COCC[Si](C)(C)C)c23)cc1C. The van der Waals surface area contributed by atoms with Crippen LogP contribution in [0, 0.1) is 12.8 Å². The van der Waals surface area contributed by atoms with Crippen molar-refractivity contribution in [3.05, 3.63) is 35.8 Å². The molecule has 210 valence electrons. The van der Waals surface area contributed by atoms with Crippen LogP contribution in [0.2, 0.25) is 25.7 Å². The van der Waals surface area contributed by atoms with E-state index < -0.39 is 19.9 Å². The van der Waals surface area contributed by atoms with Crippen LogP contribution in [0.5, 0.6) is 5.88 Å². The minimum atomic E-state index is -1.24. The van der Waals surface area contributed by atoms with Crippen LogP contribution in [0.4, 0.5) is 11.5 Å². The minimum absolute atomic E-state index is 0.198. The van der Waals surface area contributed by atoms with Gasteiger partial charge in [0, 0.05) is 33.0 Å². The van der Waals surface area contributed by atoms with Gasteiger partial charge in [-0.1, -0.05) is 26.6 Å². The molecule has 12 heteroatoms. The third-order valence-corrected chi connectivity index (χ3v) is 8.77. The second-order valence-electron chi connectivity index (χ2n) is 11.5. The molecule has 3 aromatic rings. The highest BCUT2D eigenvalue weighted by Gasteiger charge is 2.35. The van der Waals surface area contributed by atoms with E-state index in [-0.39, 0.29) is 24.5 Å². The van der Waals surface area contributed by atoms with Gasteiger partial charge in [0.2, 0.25) is 5.88 Å². The van der Waals surface area contributed by atoms with Crippen LogP contribution in [0.25, 0.3) is 10.9 Å². The molecule has 39 heavy (non-hydrogen) atoms. The first-order chi connectivity index (χ1) is 18.5. The van der Waals surface area contributed by atoms with E-state index in [4.69, 9.17) is 15.2 Å². The Morgan fingerprint density at radius 1 is 1.18 bits per heavy atom. The number of anilines is 2. The van der Waals surface area contributed by atoms with Crippen molar-refractivity contribution in [2.45, 2.75) is 65.1 Å². The van der Waals surface area contributed by atoms with E-state index in [1.54, 1.807) is 29.1 Å². The number of aryl methyl sites for hydroxylation is 1. The smallest absolute Gasteiger partial charge is 0.314 e. The predicted octanol–water partition coefficient (Wildman–Crippen LogP) is 3.98. The Bertz CT molecular complexity index is 1350. The molecule has 0 aliphatic carbocycles. The van der Waals surface area contributed by atoms with Crippen molar-refractivity contribution in [3.8, 4) is 5.88 Å². The van der Waals surface area contributed by atoms with Crippen molar-refractivity contribution in [2.75, 3.05) is 31.3 Å². The van der Waals surface area contributed by atoms with Crippen molar-refractivity contribution in [2.24, 2.45) is 5.92 Å². The van der Waals surface area contributed by atoms with Crippen LogP contribution >= 0.6 is 0 Å². The fourth-order valence-electron chi connectivity index (χ4n) is 4.85. The van der Waals surface area contributed by atoms with E-state index in [1.807, 2.05) is 13.0 Å². The van der Waals surface area contributed by atoms with Gasteiger partial charge in [0.1, 0.15) is 12.5 Å². The number of rotatable bonds is 8. The molecule has 0 aromatic carbocycles. The lowest BCUT2D eigenvalue weighted by molar-refractivity contribution is -0.146. The van der Waals surface area contributed by atoms with E-state index in [1.165, 1.54) is 6.20 Å². The van der Waals surface area contributed by atoms with Crippen LogP contribution in [-0.4, -0.2) is 64.8 Å². The summed E-state index contributed by atoms with van der Waals surface area (Å²) in [6, 6.07) is 2.73. The largest absolute Gasteiger partial charge is 0.481 e. The molecule has 0 bridgehead atoms. The standard InChI is InChI=1S/C27H39N7O4Si/c1-17-7-8-22(19-11-18(2)26(37-3)30-12-19)33(15-17)27(36)25(35)32-21-14-29-24(28)20-13-31-34(23(20)21)16-38-9-10-39(4,5)6/h11-14,17,22H,7-10,15-16H2,1-6H3,(H2,28,29)(H,32,35). The first kappa shape index (κ1) is 28.5. The number of nitrogens with zero attached hydrogens (tertiary/aromatic N) is 5. The number of hydrogen-bond acceptors (Lipinski definition) is 8. The van der Waals surface area contributed by atoms with E-state index in [9.17, 15) is 9.59 Å². The number of fused-ring (bicyclic) bond motifs is 1. The number of piperidine rings is 1. The molecule has 3 aromatic heterocycles. The van der Waals surface area contributed by atoms with Crippen molar-refractivity contribution >= 4 is 42.3 Å². The summed E-state index contributed by atoms with van der Waals surface area (Å²) in [6.45, 7) is 12.1. The van der Waals surface area contributed by atoms with Crippen LogP contribution in [0.1, 0.15) is 36.9 Å². The summed E-state index contributed by atoms with van der Waals surface area (Å²) in [5, 5.41) is 7.75. The number of carbonyl (C=O) groups excluding carboxylic acids is 2. The monoisotopic (exact) mass is 553 g/mol. The molecule has 3 N–H and O–H groups in total. The molecule has 2 amide bonds. The Kier molecular flexibility index (Phi) is 8.55. The second kappa shape index (κ2) is 11.7. The summed E-state index contributed by atoms with van der Waals surface area (Å²) in [5.74, 6) is -0.255. The minimum Gasteiger partial charge on any atom is -0.481 e. The Balaban J connectivity index is 1.55. The fraction of sp³-hybridized carbons (Fsp3) is 0.519. The Labute approximate surface area is 230 Å². The average molecular weight is 554 g/mol. The molecule has 0 spiro atoms. The van der Waals surface area contributed by atoms with E-state index in [2.05, 4.69) is 46.9 Å². The number of hydrogen-bond donors (Lipinski definition) is 2. The van der Waals surface area contributed by atoms with E-state index in [0.717, 1.165) is 30.0 Å². The van der Waals surface area contributed by atoms with Crippen molar-refractivity contribution in [3.63, 3.8) is 0 Å². The molecule has 4 heterocycles. The number of ether oxygens (including phenoxy) is 2. The molecular weight excluding hydrogens is 514 g/mol. The van der Waals surface area contributed by atoms with Crippen LogP contribution in [-0.2, 0) is 21.1 Å². The lowest BCUT2D eigenvalue weighted by Crippen LogP contribution is -2.46. The molecule has 1 fully saturated rings. The zero-order valence-corrected chi connectivity index (χ0v) is 24.7. The lowest BCUT2D eigenvalue weighted by Gasteiger charge is -2.38. The number of nitrogens with one attached hydrogen (secondary N) is 1. The molecule has 0 radical (unpaired) electrons. The van der Waals surface area contributed by atoms with Gasteiger partial charge in [-0.05, 0) is 43.4 Å². The van der Waals surface area contributed by atoms with Crippen LogP contribution < -0.4 is 15.8 Å². The Morgan fingerprint density at radius 2 is 1.95 bits per heavy atom. The third-order valence-electron chi connectivity index (χ3n) is 7.06. The van der Waals surface area contributed by atoms with Gasteiger partial charge in [0.15, 0.2) is 0 Å². The maximum atomic E-state index is 13.6. The summed E-state index contributed by atoms with van der Waals surface area (Å²) in [7, 11) is 0.334. The molecule has 11 nitrogen and oxygen atoms in total. The first-order valence-corrected chi connectivity index (χ1v) is 17.0. The topological polar surface area (TPSA) is 137 Å². The molecule has 1 aliphatic rings. The number of likely N-dealkylation sites (tertiary alicyclic amines) is 1. The lowest BCUT2D eigenvalue weighted by atomic mass is 9.90. The number of amides is 2. The molecular formula is C27H39N7O4Si. The maximum Gasteiger partial charge on any atom is 0.314 e. The van der Waals surface area contributed by atoms with Crippen molar-refractivity contribution in [1.29, 1.82) is 0 Å². The summed E-state index contributed by atoms with van der Waals surface area (Å²) < 4.78 is 12.8. The summed E-state index contributed by atoms with van der Waals surface area (Å²) in [6.07, 6.45) is 6.46. The number of nitrogen functional groups attached to an aromatic ring is 1. The number of methoxy groups -OCH3 is 1. The molecule has 2 unspecified atom stereocenters.